The number of sulfonamides is 1. The summed E-state index contributed by atoms with van der Waals surface area (Å²) in [6, 6.07) is 7.41. The number of carbonyl (C=O) groups is 1. The van der Waals surface area contributed by atoms with Gasteiger partial charge in [0.1, 0.15) is 0 Å². The fraction of sp³-hybridized carbons (Fsp3) is 0.650. The zero-order valence-corrected chi connectivity index (χ0v) is 17.8. The first-order valence-electron chi connectivity index (χ1n) is 9.89. The first-order chi connectivity index (χ1) is 12.8. The maximum atomic E-state index is 12.9. The molecule has 0 aliphatic carbocycles. The van der Waals surface area contributed by atoms with E-state index in [4.69, 9.17) is 0 Å². The molecule has 152 valence electrons. The van der Waals surface area contributed by atoms with Gasteiger partial charge in [-0.3, -0.25) is 9.69 Å². The Morgan fingerprint density at radius 2 is 1.63 bits per heavy atom. The van der Waals surface area contributed by atoms with E-state index in [1.54, 1.807) is 12.1 Å². The van der Waals surface area contributed by atoms with E-state index in [0.717, 1.165) is 18.4 Å². The monoisotopic (exact) mass is 395 g/mol. The molecule has 1 aliphatic heterocycles. The molecule has 1 aliphatic rings. The molecule has 1 amide bonds. The van der Waals surface area contributed by atoms with Crippen molar-refractivity contribution in [3.8, 4) is 0 Å². The van der Waals surface area contributed by atoms with E-state index >= 15 is 0 Å². The van der Waals surface area contributed by atoms with Crippen LogP contribution in [-0.2, 0) is 14.8 Å². The second-order valence-corrected chi connectivity index (χ2v) is 9.37. The van der Waals surface area contributed by atoms with E-state index in [9.17, 15) is 13.2 Å². The van der Waals surface area contributed by atoms with Gasteiger partial charge < -0.3 is 5.32 Å². The molecule has 1 N–H and O–H groups in total. The predicted octanol–water partition coefficient (Wildman–Crippen LogP) is 2.42. The summed E-state index contributed by atoms with van der Waals surface area (Å²) < 4.78 is 27.3. The lowest BCUT2D eigenvalue weighted by atomic mass is 9.99. The van der Waals surface area contributed by atoms with E-state index in [2.05, 4.69) is 19.2 Å². The quantitative estimate of drug-likeness (QED) is 0.734. The molecule has 2 unspecified atom stereocenters. The average molecular weight is 396 g/mol. The molecule has 1 aromatic carbocycles. The van der Waals surface area contributed by atoms with Crippen LogP contribution in [-0.4, -0.2) is 62.3 Å². The molecule has 7 heteroatoms. The van der Waals surface area contributed by atoms with Gasteiger partial charge in [-0.2, -0.15) is 4.31 Å². The molecule has 6 nitrogen and oxygen atoms in total. The highest BCUT2D eigenvalue weighted by Crippen LogP contribution is 2.23. The van der Waals surface area contributed by atoms with Crippen molar-refractivity contribution < 1.29 is 13.2 Å². The fourth-order valence-electron chi connectivity index (χ4n) is 3.11. The molecule has 0 bridgehead atoms. The third-order valence-electron chi connectivity index (χ3n) is 5.42. The van der Waals surface area contributed by atoms with E-state index in [1.807, 2.05) is 30.9 Å². The van der Waals surface area contributed by atoms with Gasteiger partial charge in [0.05, 0.1) is 11.4 Å². The third-order valence-corrected chi connectivity index (χ3v) is 7.33. The van der Waals surface area contributed by atoms with Crippen molar-refractivity contribution in [1.82, 2.24) is 14.5 Å². The maximum Gasteiger partial charge on any atom is 0.243 e. The number of carbonyl (C=O) groups excluding carboxylic acids is 1. The first-order valence-corrected chi connectivity index (χ1v) is 11.3. The number of nitrogens with zero attached hydrogens (tertiary/aromatic N) is 2. The number of nitrogens with one attached hydrogen (secondary N) is 1. The van der Waals surface area contributed by atoms with Crippen LogP contribution in [0, 0.1) is 0 Å². The Hall–Kier alpha value is -1.44. The van der Waals surface area contributed by atoms with Gasteiger partial charge in [0.25, 0.3) is 0 Å². The summed E-state index contributed by atoms with van der Waals surface area (Å²) in [6.07, 6.45) is 1.92. The van der Waals surface area contributed by atoms with E-state index < -0.39 is 10.0 Å². The van der Waals surface area contributed by atoms with Gasteiger partial charge >= 0.3 is 0 Å². The summed E-state index contributed by atoms with van der Waals surface area (Å²) in [5.41, 5.74) is 1.16. The standard InChI is InChI=1S/C20H33N3O3S/c1-5-16(3)18-7-9-19(10-8-18)27(25,26)23-13-11-22(12-14-23)15-20(24)21-17(4)6-2/h7-10,16-17H,5-6,11-15H2,1-4H3,(H,21,24). The summed E-state index contributed by atoms with van der Waals surface area (Å²) in [4.78, 5) is 14.4. The van der Waals surface area contributed by atoms with Crippen LogP contribution in [0.25, 0.3) is 0 Å². The van der Waals surface area contributed by atoms with Crippen LogP contribution >= 0.6 is 0 Å². The molecule has 0 spiro atoms. The van der Waals surface area contributed by atoms with Crippen LogP contribution in [0.3, 0.4) is 0 Å². The van der Waals surface area contributed by atoms with Crippen molar-refractivity contribution in [3.63, 3.8) is 0 Å². The Bertz CT molecular complexity index is 710. The first kappa shape index (κ1) is 21.9. The minimum absolute atomic E-state index is 0.00119. The zero-order chi connectivity index (χ0) is 20.0. The van der Waals surface area contributed by atoms with Crippen molar-refractivity contribution in [2.45, 2.75) is 57.4 Å². The van der Waals surface area contributed by atoms with Crippen molar-refractivity contribution in [2.24, 2.45) is 0 Å². The normalized spacial score (nSPS) is 18.8. The highest BCUT2D eigenvalue weighted by atomic mass is 32.2. The van der Waals surface area contributed by atoms with Gasteiger partial charge in [-0.1, -0.05) is 32.9 Å². The van der Waals surface area contributed by atoms with E-state index in [0.29, 0.717) is 43.5 Å². The minimum Gasteiger partial charge on any atom is -0.353 e. The van der Waals surface area contributed by atoms with Gasteiger partial charge in [0, 0.05) is 32.2 Å². The largest absolute Gasteiger partial charge is 0.353 e. The average Bonchev–Trinajstić information content (AvgIpc) is 2.67. The molecule has 0 aromatic heterocycles. The maximum absolute atomic E-state index is 12.9. The number of benzene rings is 1. The van der Waals surface area contributed by atoms with Gasteiger partial charge in [0.15, 0.2) is 0 Å². The number of piperazine rings is 1. The highest BCUT2D eigenvalue weighted by molar-refractivity contribution is 7.89. The topological polar surface area (TPSA) is 69.7 Å². The second-order valence-electron chi connectivity index (χ2n) is 7.44. The molecule has 1 aromatic rings. The summed E-state index contributed by atoms with van der Waals surface area (Å²) >= 11 is 0. The number of hydrogen-bond acceptors (Lipinski definition) is 4. The Morgan fingerprint density at radius 3 is 2.15 bits per heavy atom. The zero-order valence-electron chi connectivity index (χ0n) is 16.9. The van der Waals surface area contributed by atoms with Gasteiger partial charge in [-0.25, -0.2) is 8.42 Å². The van der Waals surface area contributed by atoms with Crippen LogP contribution in [0.5, 0.6) is 0 Å². The van der Waals surface area contributed by atoms with Crippen LogP contribution in [0.2, 0.25) is 0 Å². The lowest BCUT2D eigenvalue weighted by molar-refractivity contribution is -0.123. The Labute approximate surface area is 164 Å². The number of amides is 1. The SMILES string of the molecule is CCC(C)NC(=O)CN1CCN(S(=O)(=O)c2ccc(C(C)CC)cc2)CC1. The van der Waals surface area contributed by atoms with Gasteiger partial charge in [0.2, 0.25) is 15.9 Å². The van der Waals surface area contributed by atoms with Crippen LogP contribution in [0.1, 0.15) is 52.0 Å². The molecule has 1 heterocycles. The van der Waals surface area contributed by atoms with E-state index in [-0.39, 0.29) is 11.9 Å². The van der Waals surface area contributed by atoms with Crippen LogP contribution < -0.4 is 5.32 Å². The molecular formula is C20H33N3O3S. The van der Waals surface area contributed by atoms with Gasteiger partial charge in [-0.15, -0.1) is 0 Å². The Balaban J connectivity index is 1.93. The minimum atomic E-state index is -3.48. The van der Waals surface area contributed by atoms with E-state index in [1.165, 1.54) is 4.31 Å². The summed E-state index contributed by atoms with van der Waals surface area (Å²) in [5.74, 6) is 0.424. The molecular weight excluding hydrogens is 362 g/mol. The smallest absolute Gasteiger partial charge is 0.243 e. The van der Waals surface area contributed by atoms with Crippen LogP contribution in [0.15, 0.2) is 29.2 Å². The molecule has 2 atom stereocenters. The molecule has 0 saturated carbocycles. The van der Waals surface area contributed by atoms with Crippen LogP contribution in [0.4, 0.5) is 0 Å². The summed E-state index contributed by atoms with van der Waals surface area (Å²) in [6.45, 7) is 10.5. The molecule has 0 radical (unpaired) electrons. The third kappa shape index (κ3) is 5.77. The molecule has 2 rings (SSSR count). The second kappa shape index (κ2) is 9.66. The highest BCUT2D eigenvalue weighted by Gasteiger charge is 2.29. The predicted molar refractivity (Wildman–Crippen MR) is 108 cm³/mol. The Morgan fingerprint density at radius 1 is 1.04 bits per heavy atom. The van der Waals surface area contributed by atoms with Crippen molar-refractivity contribution >= 4 is 15.9 Å². The molecule has 27 heavy (non-hydrogen) atoms. The summed E-state index contributed by atoms with van der Waals surface area (Å²) in [7, 11) is -3.48. The lowest BCUT2D eigenvalue weighted by Crippen LogP contribution is -2.51. The van der Waals surface area contributed by atoms with Crippen molar-refractivity contribution in [2.75, 3.05) is 32.7 Å². The fourth-order valence-corrected chi connectivity index (χ4v) is 4.53. The lowest BCUT2D eigenvalue weighted by Gasteiger charge is -2.33. The van der Waals surface area contributed by atoms with Gasteiger partial charge in [-0.05, 0) is 43.4 Å². The number of rotatable bonds is 8. The van der Waals surface area contributed by atoms with Crippen molar-refractivity contribution in [3.05, 3.63) is 29.8 Å². The molecule has 1 fully saturated rings. The molecule has 1 saturated heterocycles. The van der Waals surface area contributed by atoms with Crippen molar-refractivity contribution in [1.29, 1.82) is 0 Å². The number of hydrogen-bond donors (Lipinski definition) is 1. The Kier molecular flexibility index (Phi) is 7.82. The summed E-state index contributed by atoms with van der Waals surface area (Å²) in [5, 5.41) is 2.95.